The van der Waals surface area contributed by atoms with Gasteiger partial charge in [-0.3, -0.25) is 4.79 Å². The third kappa shape index (κ3) is 4.25. The number of carboxylic acids is 1. The number of aryl methyl sites for hydroxylation is 1. The van der Waals surface area contributed by atoms with Crippen LogP contribution < -0.4 is 10.4 Å². The molecule has 0 fully saturated rings. The Balaban J connectivity index is 2.17. The number of amides is 1. The van der Waals surface area contributed by atoms with Crippen molar-refractivity contribution in [2.45, 2.75) is 45.6 Å². The molecular formula is C19H22NO4-. The van der Waals surface area contributed by atoms with E-state index >= 15 is 0 Å². The predicted octanol–water partition coefficient (Wildman–Crippen LogP) is 1.98. The molecule has 0 bridgehead atoms. The Morgan fingerprint density at radius 3 is 2.33 bits per heavy atom. The summed E-state index contributed by atoms with van der Waals surface area (Å²) in [6.07, 6.45) is 0.165. The van der Waals surface area contributed by atoms with Crippen molar-refractivity contribution in [2.75, 3.05) is 0 Å². The van der Waals surface area contributed by atoms with E-state index in [1.165, 1.54) is 0 Å². The summed E-state index contributed by atoms with van der Waals surface area (Å²) in [5.74, 6) is -0.645. The van der Waals surface area contributed by atoms with Crippen LogP contribution in [0.1, 0.15) is 48.2 Å². The Bertz CT molecular complexity index is 726. The molecule has 0 aliphatic rings. The van der Waals surface area contributed by atoms with Gasteiger partial charge in [0.1, 0.15) is 11.5 Å². The number of benzene rings is 1. The molecule has 0 aliphatic carbocycles. The van der Waals surface area contributed by atoms with Crippen LogP contribution in [-0.4, -0.2) is 17.9 Å². The second-order valence-electron chi connectivity index (χ2n) is 6.87. The fraction of sp³-hybridized carbons (Fsp3) is 0.368. The van der Waals surface area contributed by atoms with E-state index in [-0.39, 0.29) is 11.8 Å². The third-order valence-corrected chi connectivity index (χ3v) is 3.77. The smallest absolute Gasteiger partial charge is 0.255 e. The van der Waals surface area contributed by atoms with Crippen molar-refractivity contribution >= 4 is 11.9 Å². The number of rotatable bonds is 5. The zero-order valence-electron chi connectivity index (χ0n) is 14.4. The predicted molar refractivity (Wildman–Crippen MR) is 88.6 cm³/mol. The first kappa shape index (κ1) is 17.8. The molecular weight excluding hydrogens is 306 g/mol. The van der Waals surface area contributed by atoms with Crippen LogP contribution in [0.25, 0.3) is 0 Å². The zero-order chi connectivity index (χ0) is 17.9. The van der Waals surface area contributed by atoms with Crippen molar-refractivity contribution in [3.8, 4) is 0 Å². The van der Waals surface area contributed by atoms with E-state index in [0.29, 0.717) is 17.1 Å². The fourth-order valence-electron chi connectivity index (χ4n) is 2.36. The highest BCUT2D eigenvalue weighted by atomic mass is 16.4. The molecule has 0 saturated heterocycles. The number of hydrogen-bond acceptors (Lipinski definition) is 4. The molecule has 5 heteroatoms. The SMILES string of the molecule is Cc1oc(C(C)(C)C)cc1C(=O)N[C@@H](Cc1ccccc1)C(=O)[O-]. The standard InChI is InChI=1S/C19H23NO4/c1-12-14(11-16(24-12)19(2,3)4)17(21)20-15(18(22)23)10-13-8-6-5-7-9-13/h5-9,11,15H,10H2,1-4H3,(H,20,21)(H,22,23)/p-1/t15-/m0/s1. The molecule has 2 aromatic rings. The van der Waals surface area contributed by atoms with E-state index in [1.54, 1.807) is 13.0 Å². The average molecular weight is 328 g/mol. The lowest BCUT2D eigenvalue weighted by atomic mass is 9.93. The number of nitrogens with one attached hydrogen (secondary N) is 1. The van der Waals surface area contributed by atoms with E-state index in [1.807, 2.05) is 51.1 Å². The van der Waals surface area contributed by atoms with Gasteiger partial charge in [0.2, 0.25) is 0 Å². The number of furan rings is 1. The molecule has 1 heterocycles. The highest BCUT2D eigenvalue weighted by Crippen LogP contribution is 2.27. The maximum absolute atomic E-state index is 12.4. The molecule has 128 valence electrons. The minimum absolute atomic E-state index is 0.165. The van der Waals surface area contributed by atoms with Crippen LogP contribution >= 0.6 is 0 Å². The van der Waals surface area contributed by atoms with E-state index in [9.17, 15) is 14.7 Å². The monoisotopic (exact) mass is 328 g/mol. The van der Waals surface area contributed by atoms with Crippen LogP contribution in [0.3, 0.4) is 0 Å². The molecule has 1 amide bonds. The number of aliphatic carboxylic acids is 1. The second kappa shape index (κ2) is 6.91. The fourth-order valence-corrected chi connectivity index (χ4v) is 2.36. The molecule has 5 nitrogen and oxygen atoms in total. The maximum atomic E-state index is 12.4. The molecule has 1 aromatic heterocycles. The summed E-state index contributed by atoms with van der Waals surface area (Å²) < 4.78 is 5.64. The van der Waals surface area contributed by atoms with Gasteiger partial charge in [-0.1, -0.05) is 51.1 Å². The van der Waals surface area contributed by atoms with Crippen LogP contribution in [0.4, 0.5) is 0 Å². The normalized spacial score (nSPS) is 12.7. The van der Waals surface area contributed by atoms with Gasteiger partial charge in [0, 0.05) is 5.41 Å². The molecule has 0 spiro atoms. The van der Waals surface area contributed by atoms with Crippen molar-refractivity contribution in [3.05, 3.63) is 59.0 Å². The van der Waals surface area contributed by atoms with Crippen LogP contribution in [0.15, 0.2) is 40.8 Å². The molecule has 1 atom stereocenters. The first-order chi connectivity index (χ1) is 11.2. The molecule has 0 radical (unpaired) electrons. The first-order valence-corrected chi connectivity index (χ1v) is 7.85. The highest BCUT2D eigenvalue weighted by molar-refractivity contribution is 5.97. The van der Waals surface area contributed by atoms with E-state index in [2.05, 4.69) is 5.32 Å². The van der Waals surface area contributed by atoms with Gasteiger partial charge < -0.3 is 19.6 Å². The Morgan fingerprint density at radius 2 is 1.83 bits per heavy atom. The largest absolute Gasteiger partial charge is 0.548 e. The number of carboxylic acid groups (broad SMARTS) is 1. The summed E-state index contributed by atoms with van der Waals surface area (Å²) in [5.41, 5.74) is 0.923. The molecule has 2 rings (SSSR count). The van der Waals surface area contributed by atoms with E-state index in [0.717, 1.165) is 5.56 Å². The summed E-state index contributed by atoms with van der Waals surface area (Å²) in [6.45, 7) is 7.63. The molecule has 0 aliphatic heterocycles. The quantitative estimate of drug-likeness (QED) is 0.910. The summed E-state index contributed by atoms with van der Waals surface area (Å²) in [5, 5.41) is 13.9. The van der Waals surface area contributed by atoms with Crippen molar-refractivity contribution in [3.63, 3.8) is 0 Å². The third-order valence-electron chi connectivity index (χ3n) is 3.77. The number of hydrogen-bond donors (Lipinski definition) is 1. The van der Waals surface area contributed by atoms with Gasteiger partial charge in [0.05, 0.1) is 17.6 Å². The van der Waals surface area contributed by atoms with Crippen LogP contribution in [-0.2, 0) is 16.6 Å². The second-order valence-corrected chi connectivity index (χ2v) is 6.87. The van der Waals surface area contributed by atoms with Gasteiger partial charge in [-0.25, -0.2) is 0 Å². The van der Waals surface area contributed by atoms with Gasteiger partial charge in [0.25, 0.3) is 5.91 Å². The summed E-state index contributed by atoms with van der Waals surface area (Å²) in [4.78, 5) is 23.8. The summed E-state index contributed by atoms with van der Waals surface area (Å²) in [6, 6.07) is 9.66. The number of carbonyl (C=O) groups is 2. The lowest BCUT2D eigenvalue weighted by molar-refractivity contribution is -0.308. The minimum Gasteiger partial charge on any atom is -0.548 e. The van der Waals surface area contributed by atoms with E-state index < -0.39 is 17.9 Å². The van der Waals surface area contributed by atoms with Crippen molar-refractivity contribution in [1.29, 1.82) is 0 Å². The lowest BCUT2D eigenvalue weighted by Crippen LogP contribution is -2.49. The molecule has 24 heavy (non-hydrogen) atoms. The van der Waals surface area contributed by atoms with Crippen LogP contribution in [0.5, 0.6) is 0 Å². The summed E-state index contributed by atoms with van der Waals surface area (Å²) >= 11 is 0. The molecule has 0 saturated carbocycles. The molecule has 1 aromatic carbocycles. The first-order valence-electron chi connectivity index (χ1n) is 7.85. The van der Waals surface area contributed by atoms with Gasteiger partial charge in [-0.2, -0.15) is 0 Å². The van der Waals surface area contributed by atoms with Crippen LogP contribution in [0, 0.1) is 6.92 Å². The van der Waals surface area contributed by atoms with Crippen molar-refractivity contribution in [2.24, 2.45) is 0 Å². The topological polar surface area (TPSA) is 82.4 Å². The Hall–Kier alpha value is -2.56. The van der Waals surface area contributed by atoms with Crippen LogP contribution in [0.2, 0.25) is 0 Å². The van der Waals surface area contributed by atoms with Gasteiger partial charge in [-0.15, -0.1) is 0 Å². The Labute approximate surface area is 141 Å². The minimum atomic E-state index is -1.32. The number of carbonyl (C=O) groups excluding carboxylic acids is 2. The van der Waals surface area contributed by atoms with Gasteiger partial charge in [0.15, 0.2) is 0 Å². The Kier molecular flexibility index (Phi) is 5.12. The maximum Gasteiger partial charge on any atom is 0.255 e. The zero-order valence-corrected chi connectivity index (χ0v) is 14.4. The summed E-state index contributed by atoms with van der Waals surface area (Å²) in [7, 11) is 0. The average Bonchev–Trinajstić information content (AvgIpc) is 2.89. The van der Waals surface area contributed by atoms with Gasteiger partial charge in [-0.05, 0) is 25.0 Å². The lowest BCUT2D eigenvalue weighted by Gasteiger charge is -2.19. The van der Waals surface area contributed by atoms with E-state index in [4.69, 9.17) is 4.42 Å². The highest BCUT2D eigenvalue weighted by Gasteiger charge is 2.24. The van der Waals surface area contributed by atoms with Gasteiger partial charge >= 0.3 is 0 Å². The molecule has 0 unspecified atom stereocenters. The Morgan fingerprint density at radius 1 is 1.21 bits per heavy atom. The molecule has 1 N–H and O–H groups in total. The van der Waals surface area contributed by atoms with Crippen molar-refractivity contribution in [1.82, 2.24) is 5.32 Å². The van der Waals surface area contributed by atoms with Crippen molar-refractivity contribution < 1.29 is 19.1 Å².